The normalized spacial score (nSPS) is 17.0. The average Bonchev–Trinajstić information content (AvgIpc) is 2.21. The van der Waals surface area contributed by atoms with Gasteiger partial charge in [0, 0.05) is 63.0 Å². The van der Waals surface area contributed by atoms with Crippen LogP contribution in [-0.4, -0.2) is 202 Å². The van der Waals surface area contributed by atoms with E-state index in [0.29, 0.717) is 35.8 Å². The number of aliphatic hydroxyl groups is 1. The van der Waals surface area contributed by atoms with Crippen molar-refractivity contribution in [2.75, 3.05) is 39.3 Å². The van der Waals surface area contributed by atoms with Crippen LogP contribution in [0.15, 0.2) is 70.8 Å². The number of benzene rings is 2. The fraction of sp³-hybridized carbons (Fsp3) is 0.517. The molecule has 490 valence electrons. The summed E-state index contributed by atoms with van der Waals surface area (Å²) in [5.74, 6) is -9.24. The van der Waals surface area contributed by atoms with Crippen molar-refractivity contribution in [2.24, 2.45) is 38.7 Å². The monoisotopic (exact) mass is 1260 g/mol. The summed E-state index contributed by atoms with van der Waals surface area (Å²) in [6.45, 7) is 4.44. The Morgan fingerprint density at radius 1 is 0.567 bits per heavy atom. The number of primary amides is 1. The number of H-pyrrole nitrogens is 1. The van der Waals surface area contributed by atoms with Crippen LogP contribution >= 0.6 is 0 Å². The third kappa shape index (κ3) is 21.5. The molecule has 21 N–H and O–H groups in total. The second-order valence-corrected chi connectivity index (χ2v) is 22.1. The zero-order valence-electron chi connectivity index (χ0n) is 50.9. The molecule has 0 spiro atoms. The van der Waals surface area contributed by atoms with Gasteiger partial charge in [-0.2, -0.15) is 0 Å². The van der Waals surface area contributed by atoms with Gasteiger partial charge in [-0.25, -0.2) is 0 Å². The first-order valence-corrected chi connectivity index (χ1v) is 29.7. The highest BCUT2D eigenvalue weighted by atomic mass is 16.3. The number of carbonyl (C=O) groups excluding carboxylic acids is 12. The number of aliphatic imine (C=N–C) groups is 2. The van der Waals surface area contributed by atoms with Crippen LogP contribution < -0.4 is 76.5 Å². The Labute approximate surface area is 519 Å². The molecule has 12 amide bonds. The largest absolute Gasteiger partial charge is 0.394 e. The molecular weight excluding hydrogens is 1170 g/mol. The minimum Gasteiger partial charge on any atom is -0.394 e. The predicted octanol–water partition coefficient (Wildman–Crippen LogP) is -5.41. The molecule has 2 saturated heterocycles. The van der Waals surface area contributed by atoms with E-state index in [-0.39, 0.29) is 83.0 Å². The summed E-state index contributed by atoms with van der Waals surface area (Å²) in [5.41, 5.74) is 29.2. The SMILES string of the molecule is CC(=O)N[C@@H](CO)C(=O)N[C@@H](C)C(=O)N[C@@H](CCCN=C(N)N)C(=O)N[C@@H](Cc1c[nH]c2ccccc12)C(=O)N[C@@H](C)C(=O)N[C@@H](Cc1ccccc1)C(=O)N1CCC[C@H]1C(=O)N[C@@H](C)C(=O)NCC(=O)N1CCC[C@H]1C(=O)N[C@@H](CCCN=C(N)N)C(N)=O. The Hall–Kier alpha value is -9.88. The Morgan fingerprint density at radius 2 is 1.08 bits per heavy atom. The van der Waals surface area contributed by atoms with Gasteiger partial charge in [0.25, 0.3) is 0 Å². The van der Waals surface area contributed by atoms with E-state index in [1.165, 1.54) is 30.6 Å². The van der Waals surface area contributed by atoms with Gasteiger partial charge < -0.3 is 96.4 Å². The predicted molar refractivity (Wildman–Crippen MR) is 329 cm³/mol. The fourth-order valence-electron chi connectivity index (χ4n) is 10.3. The molecular formula is C58H85N19O13. The highest BCUT2D eigenvalue weighted by molar-refractivity contribution is 5.99. The first-order valence-electron chi connectivity index (χ1n) is 29.7. The van der Waals surface area contributed by atoms with E-state index in [1.54, 1.807) is 54.7 Å². The van der Waals surface area contributed by atoms with E-state index in [9.17, 15) is 62.6 Å². The van der Waals surface area contributed by atoms with Gasteiger partial charge in [-0.1, -0.05) is 48.5 Å². The number of fused-ring (bicyclic) bond motifs is 1. The highest BCUT2D eigenvalue weighted by Gasteiger charge is 2.41. The first-order chi connectivity index (χ1) is 42.8. The minimum absolute atomic E-state index is 0.0413. The molecule has 2 aliphatic heterocycles. The number of amides is 12. The van der Waals surface area contributed by atoms with Crippen LogP contribution in [0, 0.1) is 0 Å². The average molecular weight is 1260 g/mol. The van der Waals surface area contributed by atoms with Gasteiger partial charge in [0.1, 0.15) is 60.4 Å². The summed E-state index contributed by atoms with van der Waals surface area (Å²) >= 11 is 0. The van der Waals surface area contributed by atoms with Crippen LogP contribution in [0.4, 0.5) is 0 Å². The molecule has 1 aromatic heterocycles. The van der Waals surface area contributed by atoms with E-state index in [1.807, 2.05) is 6.07 Å². The maximum atomic E-state index is 14.7. The number of guanidine groups is 2. The Bertz CT molecular complexity index is 3110. The Kier molecular flexibility index (Phi) is 27.3. The van der Waals surface area contributed by atoms with Gasteiger partial charge in [-0.3, -0.25) is 67.5 Å². The number of nitrogens with two attached hydrogens (primary N) is 5. The Morgan fingerprint density at radius 3 is 1.67 bits per heavy atom. The van der Waals surface area contributed by atoms with Crippen molar-refractivity contribution >= 4 is 93.7 Å². The molecule has 10 atom stereocenters. The lowest BCUT2D eigenvalue weighted by Gasteiger charge is -2.30. The number of carbonyl (C=O) groups is 12. The maximum Gasteiger partial charge on any atom is 0.246 e. The highest BCUT2D eigenvalue weighted by Crippen LogP contribution is 2.23. The van der Waals surface area contributed by atoms with Crippen LogP contribution in [0.25, 0.3) is 10.9 Å². The van der Waals surface area contributed by atoms with Crippen LogP contribution in [0.3, 0.4) is 0 Å². The molecule has 0 bridgehead atoms. The van der Waals surface area contributed by atoms with Gasteiger partial charge in [0.2, 0.25) is 70.9 Å². The van der Waals surface area contributed by atoms with Crippen molar-refractivity contribution in [3.05, 3.63) is 71.9 Å². The van der Waals surface area contributed by atoms with E-state index >= 15 is 0 Å². The number of nitrogens with zero attached hydrogens (tertiary/aromatic N) is 4. The molecule has 3 heterocycles. The number of hydrogen-bond acceptors (Lipinski definition) is 15. The smallest absolute Gasteiger partial charge is 0.246 e. The zero-order valence-corrected chi connectivity index (χ0v) is 50.9. The number of nitrogens with one attached hydrogen (secondary N) is 10. The van der Waals surface area contributed by atoms with Crippen LogP contribution in [0.5, 0.6) is 0 Å². The number of aromatic amines is 1. The summed E-state index contributed by atoms with van der Waals surface area (Å²) in [5, 5.41) is 33.5. The van der Waals surface area contributed by atoms with Crippen molar-refractivity contribution < 1.29 is 62.6 Å². The molecule has 2 aliphatic rings. The molecule has 2 aromatic carbocycles. The summed E-state index contributed by atoms with van der Waals surface area (Å²) in [7, 11) is 0. The van der Waals surface area contributed by atoms with Gasteiger partial charge in [-0.05, 0) is 89.3 Å². The molecule has 90 heavy (non-hydrogen) atoms. The van der Waals surface area contributed by atoms with E-state index in [0.717, 1.165) is 12.4 Å². The van der Waals surface area contributed by atoms with Crippen LogP contribution in [-0.2, 0) is 70.4 Å². The number of hydrogen-bond donors (Lipinski definition) is 16. The molecule has 0 radical (unpaired) electrons. The molecule has 0 aliphatic carbocycles. The second kappa shape index (κ2) is 34.6. The topological polar surface area (TPSA) is 510 Å². The van der Waals surface area contributed by atoms with Crippen molar-refractivity contribution in [3.8, 4) is 0 Å². The first kappa shape index (κ1) is 70.9. The number of aliphatic hydroxyl groups excluding tert-OH is 1. The number of likely N-dealkylation sites (tertiary alicyclic amines) is 2. The lowest BCUT2D eigenvalue weighted by atomic mass is 10.0. The number of rotatable bonds is 33. The van der Waals surface area contributed by atoms with Crippen LogP contribution in [0.2, 0.25) is 0 Å². The van der Waals surface area contributed by atoms with Crippen molar-refractivity contribution in [3.63, 3.8) is 0 Å². The van der Waals surface area contributed by atoms with E-state index in [4.69, 9.17) is 28.7 Å². The van der Waals surface area contributed by atoms with Gasteiger partial charge in [0.05, 0.1) is 13.2 Å². The zero-order chi connectivity index (χ0) is 66.2. The summed E-state index contributed by atoms with van der Waals surface area (Å²) in [4.78, 5) is 176. The maximum absolute atomic E-state index is 14.7. The third-order valence-electron chi connectivity index (χ3n) is 15.1. The number of para-hydroxylation sites is 1. The van der Waals surface area contributed by atoms with Crippen molar-refractivity contribution in [1.29, 1.82) is 0 Å². The Balaban J connectivity index is 1.27. The molecule has 0 unspecified atom stereocenters. The molecule has 5 rings (SSSR count). The fourth-order valence-corrected chi connectivity index (χ4v) is 10.3. The quantitative estimate of drug-likeness (QED) is 0.0154. The molecule has 0 saturated carbocycles. The lowest BCUT2D eigenvalue weighted by molar-refractivity contribution is -0.142. The van der Waals surface area contributed by atoms with E-state index in [2.05, 4.69) is 62.8 Å². The van der Waals surface area contributed by atoms with E-state index < -0.39 is 144 Å². The lowest BCUT2D eigenvalue weighted by Crippen LogP contribution is -2.60. The van der Waals surface area contributed by atoms with Crippen molar-refractivity contribution in [2.45, 2.75) is 152 Å². The van der Waals surface area contributed by atoms with Crippen molar-refractivity contribution in [1.82, 2.24) is 62.6 Å². The number of aromatic nitrogens is 1. The van der Waals surface area contributed by atoms with Gasteiger partial charge >= 0.3 is 0 Å². The summed E-state index contributed by atoms with van der Waals surface area (Å²) in [6.07, 6.45) is 3.35. The molecule has 2 fully saturated rings. The van der Waals surface area contributed by atoms with Gasteiger partial charge in [-0.15, -0.1) is 0 Å². The van der Waals surface area contributed by atoms with Crippen LogP contribution in [0.1, 0.15) is 90.2 Å². The molecule has 3 aromatic rings. The summed E-state index contributed by atoms with van der Waals surface area (Å²) < 4.78 is 0. The summed E-state index contributed by atoms with van der Waals surface area (Å²) in [6, 6.07) is 3.48. The minimum atomic E-state index is -1.42. The molecule has 32 nitrogen and oxygen atoms in total. The second-order valence-electron chi connectivity index (χ2n) is 22.1. The van der Waals surface area contributed by atoms with Gasteiger partial charge in [0.15, 0.2) is 11.9 Å². The standard InChI is InChI=1S/C58H85N19O13/c1-31(48(82)67-29-46(80)76-24-12-20-44(76)55(89)72-39(47(59)81)18-10-22-64-57(60)61)70-54(88)45-21-13-25-77(45)56(90)42(26-35-14-6-5-7-15-35)75-50(84)33(3)68-52(86)41(27-36-28-66-38-17-9-8-16-37(36)38)74-51(85)40(19-11-23-65-58(62)63)73-49(83)32(2)69-53(87)43(30-78)71-34(4)79/h5-9,14-17,28,31-33,39-45,66,78H,10-13,18-27,29-30H2,1-4H3,(H2,59,81)(H,67,82)(H,68,86)(H,69,87)(H,70,88)(H,71,79)(H,72,89)(H,73,83)(H,74,85)(H,75,84)(H4,60,61,64)(H4,62,63,65)/t31-,32-,33-,39-,40-,41-,42-,43-,44-,45-/m0/s1. The molecule has 32 heteroatoms. The third-order valence-corrected chi connectivity index (χ3v) is 15.1.